The van der Waals surface area contributed by atoms with Gasteiger partial charge in [-0.25, -0.2) is 8.78 Å². The molecule has 4 atom stereocenters. The van der Waals surface area contributed by atoms with E-state index in [0.717, 1.165) is 12.0 Å². The summed E-state index contributed by atoms with van der Waals surface area (Å²) in [6, 6.07) is 4.15. The van der Waals surface area contributed by atoms with E-state index >= 15 is 0 Å². The van der Waals surface area contributed by atoms with Gasteiger partial charge in [0, 0.05) is 18.2 Å². The summed E-state index contributed by atoms with van der Waals surface area (Å²) in [6.45, 7) is 9.02. The number of fused-ring (bicyclic) bond motifs is 2. The van der Waals surface area contributed by atoms with Crippen LogP contribution in [-0.4, -0.2) is 6.04 Å². The minimum Gasteiger partial charge on any atom is -0.306 e. The van der Waals surface area contributed by atoms with Crippen molar-refractivity contribution in [1.82, 2.24) is 5.32 Å². The lowest BCUT2D eigenvalue weighted by atomic mass is 9.68. The smallest absolute Gasteiger partial charge is 0.126 e. The van der Waals surface area contributed by atoms with Crippen LogP contribution in [0.15, 0.2) is 18.2 Å². The van der Waals surface area contributed by atoms with Crippen LogP contribution < -0.4 is 5.32 Å². The van der Waals surface area contributed by atoms with Gasteiger partial charge in [0.05, 0.1) is 0 Å². The summed E-state index contributed by atoms with van der Waals surface area (Å²) in [5, 5.41) is 3.68. The molecule has 1 nitrogen and oxygen atoms in total. The summed E-state index contributed by atoms with van der Waals surface area (Å²) >= 11 is 0. The van der Waals surface area contributed by atoms with Crippen molar-refractivity contribution >= 4 is 0 Å². The highest BCUT2D eigenvalue weighted by Crippen LogP contribution is 2.62. The predicted octanol–water partition coefficient (Wildman–Crippen LogP) is 4.83. The van der Waals surface area contributed by atoms with Crippen molar-refractivity contribution < 1.29 is 8.78 Å². The average molecular weight is 293 g/mol. The number of nitrogens with one attached hydrogen (secondary N) is 1. The van der Waals surface area contributed by atoms with E-state index in [1.807, 2.05) is 6.92 Å². The Balaban J connectivity index is 1.83. The average Bonchev–Trinajstić information content (AvgIpc) is 2.84. The Morgan fingerprint density at radius 1 is 1.14 bits per heavy atom. The third kappa shape index (κ3) is 2.40. The van der Waals surface area contributed by atoms with Gasteiger partial charge in [0.2, 0.25) is 0 Å². The van der Waals surface area contributed by atoms with Gasteiger partial charge in [-0.15, -0.1) is 0 Å². The second-order valence-corrected chi connectivity index (χ2v) is 7.94. The van der Waals surface area contributed by atoms with E-state index in [1.165, 1.54) is 31.4 Å². The van der Waals surface area contributed by atoms with E-state index in [1.54, 1.807) is 0 Å². The molecule has 21 heavy (non-hydrogen) atoms. The molecule has 3 heteroatoms. The van der Waals surface area contributed by atoms with Gasteiger partial charge in [0.1, 0.15) is 11.6 Å². The maximum atomic E-state index is 13.4. The van der Waals surface area contributed by atoms with E-state index in [2.05, 4.69) is 26.1 Å². The molecular weight excluding hydrogens is 268 g/mol. The standard InChI is InChI=1S/C18H25F2N/c1-11(12-7-14(19)9-15(20)8-12)21-16-17(2,3)13-5-6-18(16,4)10-13/h7-9,11,13,16,21H,5-6,10H2,1-4H3. The quantitative estimate of drug-likeness (QED) is 0.841. The molecule has 0 aliphatic heterocycles. The van der Waals surface area contributed by atoms with Crippen LogP contribution in [0.25, 0.3) is 0 Å². The van der Waals surface area contributed by atoms with Crippen LogP contribution in [0.1, 0.15) is 58.6 Å². The number of hydrogen-bond acceptors (Lipinski definition) is 1. The fraction of sp³-hybridized carbons (Fsp3) is 0.667. The third-order valence-corrected chi connectivity index (χ3v) is 6.07. The van der Waals surface area contributed by atoms with Crippen molar-refractivity contribution in [1.29, 1.82) is 0 Å². The number of hydrogen-bond donors (Lipinski definition) is 1. The van der Waals surface area contributed by atoms with Gasteiger partial charge in [-0.05, 0) is 60.6 Å². The lowest BCUT2D eigenvalue weighted by Gasteiger charge is -2.44. The van der Waals surface area contributed by atoms with E-state index in [-0.39, 0.29) is 11.5 Å². The van der Waals surface area contributed by atoms with Crippen molar-refractivity contribution in [2.45, 2.75) is 59.0 Å². The lowest BCUT2D eigenvalue weighted by Crippen LogP contribution is -2.51. The number of rotatable bonds is 3. The van der Waals surface area contributed by atoms with E-state index in [0.29, 0.717) is 17.0 Å². The first-order chi connectivity index (χ1) is 9.72. The molecule has 1 N–H and O–H groups in total. The highest BCUT2D eigenvalue weighted by Gasteiger charge is 2.59. The minimum atomic E-state index is -0.503. The van der Waals surface area contributed by atoms with Crippen LogP contribution in [0.3, 0.4) is 0 Å². The molecule has 0 radical (unpaired) electrons. The van der Waals surface area contributed by atoms with Crippen LogP contribution in [0.4, 0.5) is 8.78 Å². The summed E-state index contributed by atoms with van der Waals surface area (Å²) < 4.78 is 26.8. The van der Waals surface area contributed by atoms with Gasteiger partial charge in [-0.2, -0.15) is 0 Å². The van der Waals surface area contributed by atoms with Crippen molar-refractivity contribution in [3.05, 3.63) is 35.4 Å². The zero-order chi connectivity index (χ0) is 15.4. The predicted molar refractivity (Wildman–Crippen MR) is 80.9 cm³/mol. The third-order valence-electron chi connectivity index (χ3n) is 6.07. The first kappa shape index (κ1) is 15.0. The summed E-state index contributed by atoms with van der Waals surface area (Å²) in [7, 11) is 0. The maximum absolute atomic E-state index is 13.4. The fourth-order valence-corrected chi connectivity index (χ4v) is 4.89. The summed E-state index contributed by atoms with van der Waals surface area (Å²) in [6.07, 6.45) is 3.83. The first-order valence-corrected chi connectivity index (χ1v) is 7.94. The van der Waals surface area contributed by atoms with Crippen LogP contribution in [0.5, 0.6) is 0 Å². The minimum absolute atomic E-state index is 0.0457. The molecule has 2 bridgehead atoms. The largest absolute Gasteiger partial charge is 0.306 e. The molecule has 1 aromatic carbocycles. The Bertz CT molecular complexity index is 529. The molecule has 2 saturated carbocycles. The van der Waals surface area contributed by atoms with Gasteiger partial charge >= 0.3 is 0 Å². The Morgan fingerprint density at radius 3 is 2.29 bits per heavy atom. The Kier molecular flexibility index (Phi) is 3.40. The Hall–Kier alpha value is -0.960. The Labute approximate surface area is 126 Å². The van der Waals surface area contributed by atoms with Crippen LogP contribution in [-0.2, 0) is 0 Å². The van der Waals surface area contributed by atoms with Crippen LogP contribution in [0, 0.1) is 28.4 Å². The number of halogens is 2. The highest BCUT2D eigenvalue weighted by atomic mass is 19.1. The van der Waals surface area contributed by atoms with E-state index < -0.39 is 11.6 Å². The van der Waals surface area contributed by atoms with Gasteiger partial charge in [-0.1, -0.05) is 20.8 Å². The van der Waals surface area contributed by atoms with Gasteiger partial charge in [0.25, 0.3) is 0 Å². The molecule has 4 unspecified atom stereocenters. The summed E-state index contributed by atoms with van der Waals surface area (Å²) in [5.74, 6) is -0.245. The maximum Gasteiger partial charge on any atom is 0.126 e. The molecule has 116 valence electrons. The van der Waals surface area contributed by atoms with Crippen LogP contribution in [0.2, 0.25) is 0 Å². The fourth-order valence-electron chi connectivity index (χ4n) is 4.89. The van der Waals surface area contributed by atoms with Gasteiger partial charge in [-0.3, -0.25) is 0 Å². The molecule has 0 aromatic heterocycles. The molecule has 2 aliphatic rings. The second-order valence-electron chi connectivity index (χ2n) is 7.94. The zero-order valence-corrected chi connectivity index (χ0v) is 13.3. The van der Waals surface area contributed by atoms with Crippen molar-refractivity contribution in [3.63, 3.8) is 0 Å². The zero-order valence-electron chi connectivity index (χ0n) is 13.3. The molecule has 0 spiro atoms. The molecule has 2 aliphatic carbocycles. The molecule has 1 aromatic rings. The Morgan fingerprint density at radius 2 is 1.76 bits per heavy atom. The lowest BCUT2D eigenvalue weighted by molar-refractivity contribution is 0.100. The summed E-state index contributed by atoms with van der Waals surface area (Å²) in [5.41, 5.74) is 1.25. The van der Waals surface area contributed by atoms with Crippen molar-refractivity contribution in [2.75, 3.05) is 0 Å². The molecular formula is C18H25F2N. The molecule has 0 amide bonds. The normalized spacial score (nSPS) is 35.1. The molecule has 3 rings (SSSR count). The van der Waals surface area contributed by atoms with Crippen molar-refractivity contribution in [3.8, 4) is 0 Å². The molecule has 2 fully saturated rings. The first-order valence-electron chi connectivity index (χ1n) is 7.94. The highest BCUT2D eigenvalue weighted by molar-refractivity contribution is 5.22. The van der Waals surface area contributed by atoms with Gasteiger partial charge in [0.15, 0.2) is 0 Å². The van der Waals surface area contributed by atoms with E-state index in [9.17, 15) is 8.78 Å². The molecule has 0 saturated heterocycles. The number of benzene rings is 1. The van der Waals surface area contributed by atoms with Gasteiger partial charge < -0.3 is 5.32 Å². The van der Waals surface area contributed by atoms with Crippen molar-refractivity contribution in [2.24, 2.45) is 16.7 Å². The molecule has 0 heterocycles. The summed E-state index contributed by atoms with van der Waals surface area (Å²) in [4.78, 5) is 0. The van der Waals surface area contributed by atoms with E-state index in [4.69, 9.17) is 0 Å². The second kappa shape index (κ2) is 4.77. The van der Waals surface area contributed by atoms with Crippen LogP contribution >= 0.6 is 0 Å². The monoisotopic (exact) mass is 293 g/mol. The topological polar surface area (TPSA) is 12.0 Å². The SMILES string of the molecule is CC(NC1C2(C)CCC(C2)C1(C)C)c1cc(F)cc(F)c1.